The average molecular weight is 351 g/mol. The number of nitrogens with one attached hydrogen (secondary N) is 3. The second kappa shape index (κ2) is 6.92. The van der Waals surface area contributed by atoms with Crippen molar-refractivity contribution in [3.05, 3.63) is 59.4 Å². The number of benzene rings is 2. The van der Waals surface area contributed by atoms with Crippen molar-refractivity contribution in [3.8, 4) is 11.3 Å². The van der Waals surface area contributed by atoms with Gasteiger partial charge in [-0.15, -0.1) is 0 Å². The van der Waals surface area contributed by atoms with E-state index in [1.54, 1.807) is 12.1 Å². The summed E-state index contributed by atoms with van der Waals surface area (Å²) in [5.41, 5.74) is 4.40. The van der Waals surface area contributed by atoms with Crippen molar-refractivity contribution in [3.63, 3.8) is 0 Å². The molecule has 1 fully saturated rings. The monoisotopic (exact) mass is 351 g/mol. The Labute approximate surface area is 151 Å². The van der Waals surface area contributed by atoms with Crippen LogP contribution in [0.2, 0.25) is 0 Å². The Hall–Kier alpha value is -2.66. The Bertz CT molecular complexity index is 957. The number of aromatic amines is 1. The van der Waals surface area contributed by atoms with Crippen molar-refractivity contribution >= 4 is 16.8 Å². The second-order valence-electron chi connectivity index (χ2n) is 6.89. The van der Waals surface area contributed by atoms with Crippen molar-refractivity contribution in [1.29, 1.82) is 0 Å². The normalized spacial score (nSPS) is 16.9. The van der Waals surface area contributed by atoms with Crippen LogP contribution >= 0.6 is 0 Å². The highest BCUT2D eigenvalue weighted by molar-refractivity contribution is 5.91. The van der Waals surface area contributed by atoms with Gasteiger partial charge in [0.1, 0.15) is 5.82 Å². The molecule has 2 heterocycles. The minimum Gasteiger partial charge on any atom is -0.354 e. The van der Waals surface area contributed by atoms with Gasteiger partial charge in [-0.2, -0.15) is 0 Å². The highest BCUT2D eigenvalue weighted by atomic mass is 19.1. The van der Waals surface area contributed by atoms with Crippen molar-refractivity contribution < 1.29 is 9.18 Å². The molecule has 0 bridgehead atoms. The van der Waals surface area contributed by atoms with Crippen molar-refractivity contribution in [2.45, 2.75) is 19.9 Å². The number of hydrogen-bond acceptors (Lipinski definition) is 2. The van der Waals surface area contributed by atoms with Gasteiger partial charge in [0.25, 0.3) is 0 Å². The first-order chi connectivity index (χ1) is 12.6. The maximum Gasteiger partial charge on any atom is 0.224 e. The molecule has 1 aromatic heterocycles. The van der Waals surface area contributed by atoms with E-state index in [2.05, 4.69) is 21.7 Å². The van der Waals surface area contributed by atoms with Gasteiger partial charge in [0, 0.05) is 29.6 Å². The van der Waals surface area contributed by atoms with E-state index < -0.39 is 0 Å². The second-order valence-corrected chi connectivity index (χ2v) is 6.89. The largest absolute Gasteiger partial charge is 0.354 e. The minimum absolute atomic E-state index is 0.0698. The van der Waals surface area contributed by atoms with Crippen LogP contribution in [0.15, 0.2) is 42.5 Å². The summed E-state index contributed by atoms with van der Waals surface area (Å²) in [6.07, 6.45) is 0.897. The van der Waals surface area contributed by atoms with Gasteiger partial charge in [0.15, 0.2) is 0 Å². The molecule has 1 aliphatic rings. The number of aromatic nitrogens is 1. The molecule has 4 nitrogen and oxygen atoms in total. The van der Waals surface area contributed by atoms with Crippen LogP contribution in [0.5, 0.6) is 0 Å². The summed E-state index contributed by atoms with van der Waals surface area (Å²) in [6.45, 7) is 4.16. The summed E-state index contributed by atoms with van der Waals surface area (Å²) < 4.78 is 14.1. The van der Waals surface area contributed by atoms with E-state index in [4.69, 9.17) is 0 Å². The van der Waals surface area contributed by atoms with Gasteiger partial charge in [-0.05, 0) is 55.3 Å². The summed E-state index contributed by atoms with van der Waals surface area (Å²) in [7, 11) is 0. The highest BCUT2D eigenvalue weighted by Gasteiger charge is 2.22. The molecule has 0 saturated carbocycles. The zero-order chi connectivity index (χ0) is 18.1. The quantitative estimate of drug-likeness (QED) is 0.674. The van der Waals surface area contributed by atoms with Crippen molar-refractivity contribution in [1.82, 2.24) is 15.6 Å². The molecule has 0 radical (unpaired) electrons. The Morgan fingerprint density at radius 1 is 1.27 bits per heavy atom. The zero-order valence-corrected chi connectivity index (χ0v) is 14.7. The molecule has 0 aliphatic carbocycles. The standard InChI is InChI=1S/C21H22FN3O/c1-13-17-10-14(11-24-21(26)15-8-9-23-12-15)6-7-19(17)25-20(13)16-4-2-3-5-18(16)22/h2-7,10,15,23,25H,8-9,11-12H2,1H3,(H,24,26). The first-order valence-electron chi connectivity index (χ1n) is 8.98. The van der Waals surface area contributed by atoms with Crippen molar-refractivity contribution in [2.75, 3.05) is 13.1 Å². The number of aryl methyl sites for hydroxylation is 1. The van der Waals surface area contributed by atoms with E-state index in [0.29, 0.717) is 12.1 Å². The van der Waals surface area contributed by atoms with Gasteiger partial charge < -0.3 is 15.6 Å². The molecule has 26 heavy (non-hydrogen) atoms. The average Bonchev–Trinajstić information content (AvgIpc) is 3.29. The maximum atomic E-state index is 14.1. The predicted octanol–water partition coefficient (Wildman–Crippen LogP) is 3.51. The summed E-state index contributed by atoms with van der Waals surface area (Å²) in [6, 6.07) is 12.8. The van der Waals surface area contributed by atoms with Crippen LogP contribution in [0, 0.1) is 18.7 Å². The molecule has 4 rings (SSSR count). The lowest BCUT2D eigenvalue weighted by molar-refractivity contribution is -0.124. The van der Waals surface area contributed by atoms with Crippen LogP contribution in [0.4, 0.5) is 4.39 Å². The van der Waals surface area contributed by atoms with Crippen LogP contribution in [-0.2, 0) is 11.3 Å². The van der Waals surface area contributed by atoms with E-state index in [0.717, 1.165) is 47.2 Å². The van der Waals surface area contributed by atoms with Crippen LogP contribution in [0.25, 0.3) is 22.2 Å². The van der Waals surface area contributed by atoms with Gasteiger partial charge in [-0.3, -0.25) is 4.79 Å². The number of fused-ring (bicyclic) bond motifs is 1. The van der Waals surface area contributed by atoms with E-state index in [1.165, 1.54) is 6.07 Å². The topological polar surface area (TPSA) is 56.9 Å². The summed E-state index contributed by atoms with van der Waals surface area (Å²) in [4.78, 5) is 15.5. The van der Waals surface area contributed by atoms with Gasteiger partial charge in [0.2, 0.25) is 5.91 Å². The Balaban J connectivity index is 1.58. The molecule has 1 saturated heterocycles. The molecule has 1 atom stereocenters. The van der Waals surface area contributed by atoms with Crippen LogP contribution < -0.4 is 10.6 Å². The molecule has 3 aromatic rings. The fourth-order valence-electron chi connectivity index (χ4n) is 3.63. The predicted molar refractivity (Wildman–Crippen MR) is 101 cm³/mol. The lowest BCUT2D eigenvalue weighted by Crippen LogP contribution is -2.31. The molecule has 5 heteroatoms. The molecule has 1 unspecified atom stereocenters. The fourth-order valence-corrected chi connectivity index (χ4v) is 3.63. The first-order valence-corrected chi connectivity index (χ1v) is 8.98. The third-order valence-electron chi connectivity index (χ3n) is 5.16. The van der Waals surface area contributed by atoms with Crippen LogP contribution in [0.1, 0.15) is 17.5 Å². The fraction of sp³-hybridized carbons (Fsp3) is 0.286. The van der Waals surface area contributed by atoms with Crippen molar-refractivity contribution in [2.24, 2.45) is 5.92 Å². The summed E-state index contributed by atoms with van der Waals surface area (Å²) >= 11 is 0. The Morgan fingerprint density at radius 3 is 2.88 bits per heavy atom. The van der Waals surface area contributed by atoms with E-state index >= 15 is 0 Å². The third-order valence-corrected chi connectivity index (χ3v) is 5.16. The Morgan fingerprint density at radius 2 is 2.12 bits per heavy atom. The lowest BCUT2D eigenvalue weighted by atomic mass is 10.0. The van der Waals surface area contributed by atoms with E-state index in [1.807, 2.05) is 25.1 Å². The van der Waals surface area contributed by atoms with Gasteiger partial charge in [-0.1, -0.05) is 18.2 Å². The number of hydrogen-bond donors (Lipinski definition) is 3. The molecule has 1 amide bonds. The molecular formula is C21H22FN3O. The van der Waals surface area contributed by atoms with Gasteiger partial charge in [-0.25, -0.2) is 4.39 Å². The molecule has 1 aliphatic heterocycles. The number of halogens is 1. The van der Waals surface area contributed by atoms with Crippen LogP contribution in [-0.4, -0.2) is 24.0 Å². The minimum atomic E-state index is -0.236. The molecular weight excluding hydrogens is 329 g/mol. The molecule has 0 spiro atoms. The lowest BCUT2D eigenvalue weighted by Gasteiger charge is -2.10. The van der Waals surface area contributed by atoms with Gasteiger partial charge >= 0.3 is 0 Å². The number of carbonyl (C=O) groups is 1. The zero-order valence-electron chi connectivity index (χ0n) is 14.7. The number of carbonyl (C=O) groups excluding carboxylic acids is 1. The summed E-state index contributed by atoms with van der Waals surface area (Å²) in [5.74, 6) is -0.0619. The number of amides is 1. The third kappa shape index (κ3) is 3.10. The SMILES string of the molecule is Cc1c(-c2ccccc2F)[nH]c2ccc(CNC(=O)C3CCNC3)cc12. The van der Waals surface area contributed by atoms with Gasteiger partial charge in [0.05, 0.1) is 11.6 Å². The maximum absolute atomic E-state index is 14.1. The highest BCUT2D eigenvalue weighted by Crippen LogP contribution is 2.31. The smallest absolute Gasteiger partial charge is 0.224 e. The van der Waals surface area contributed by atoms with Crippen LogP contribution in [0.3, 0.4) is 0 Å². The van der Waals surface area contributed by atoms with E-state index in [9.17, 15) is 9.18 Å². The Kier molecular flexibility index (Phi) is 4.47. The number of H-pyrrole nitrogens is 1. The summed E-state index contributed by atoms with van der Waals surface area (Å²) in [5, 5.41) is 7.29. The first kappa shape index (κ1) is 16.8. The van der Waals surface area contributed by atoms with E-state index in [-0.39, 0.29) is 17.6 Å². The molecule has 3 N–H and O–H groups in total. The molecule has 134 valence electrons. The number of rotatable bonds is 4. The molecule has 2 aromatic carbocycles.